The van der Waals surface area contributed by atoms with Gasteiger partial charge in [0.15, 0.2) is 0 Å². The number of ether oxygens (including phenoxy) is 1. The molecule has 3 aliphatic rings. The molecule has 3 N–H and O–H groups in total. The van der Waals surface area contributed by atoms with E-state index in [2.05, 4.69) is 16.0 Å². The van der Waals surface area contributed by atoms with E-state index < -0.39 is 6.04 Å². The van der Waals surface area contributed by atoms with Gasteiger partial charge in [0.05, 0.1) is 5.60 Å². The normalized spacial score (nSPS) is 23.8. The van der Waals surface area contributed by atoms with Gasteiger partial charge in [-0.05, 0) is 49.5 Å². The maximum atomic E-state index is 12.9. The first-order valence-corrected chi connectivity index (χ1v) is 10.2. The predicted molar refractivity (Wildman–Crippen MR) is 106 cm³/mol. The highest BCUT2D eigenvalue weighted by Gasteiger charge is 2.39. The topological polar surface area (TPSA) is 99.8 Å². The third kappa shape index (κ3) is 4.05. The monoisotopic (exact) mass is 400 g/mol. The van der Waals surface area contributed by atoms with Gasteiger partial charge in [-0.1, -0.05) is 12.1 Å². The maximum absolute atomic E-state index is 12.9. The molecule has 1 unspecified atom stereocenters. The minimum absolute atomic E-state index is 0.136. The molecule has 0 aliphatic carbocycles. The maximum Gasteiger partial charge on any atom is 0.255 e. The molecule has 3 aliphatic heterocycles. The zero-order valence-corrected chi connectivity index (χ0v) is 16.8. The number of imide groups is 1. The second-order valence-corrected chi connectivity index (χ2v) is 8.13. The van der Waals surface area contributed by atoms with Gasteiger partial charge in [-0.25, -0.2) is 0 Å². The fourth-order valence-electron chi connectivity index (χ4n) is 4.48. The molecule has 156 valence electrons. The SMILES string of the molecule is COC1(CNCc2ccc3c(c2)C(=O)N(C2CCC(=O)NC2=O)C3)CCNCC1. The van der Waals surface area contributed by atoms with Crippen LogP contribution in [0.1, 0.15) is 47.2 Å². The van der Waals surface area contributed by atoms with Crippen molar-refractivity contribution < 1.29 is 19.1 Å². The lowest BCUT2D eigenvalue weighted by Crippen LogP contribution is -2.52. The zero-order valence-electron chi connectivity index (χ0n) is 16.8. The van der Waals surface area contributed by atoms with Gasteiger partial charge in [0, 0.05) is 38.7 Å². The number of hydrogen-bond donors (Lipinski definition) is 3. The Morgan fingerprint density at radius 2 is 2.03 bits per heavy atom. The molecule has 0 saturated carbocycles. The molecule has 29 heavy (non-hydrogen) atoms. The number of fused-ring (bicyclic) bond motifs is 1. The summed E-state index contributed by atoms with van der Waals surface area (Å²) in [7, 11) is 1.77. The highest BCUT2D eigenvalue weighted by molar-refractivity contribution is 6.05. The molecule has 1 aromatic carbocycles. The summed E-state index contributed by atoms with van der Waals surface area (Å²) in [5.74, 6) is -0.787. The number of amides is 3. The summed E-state index contributed by atoms with van der Waals surface area (Å²) in [5.41, 5.74) is 2.47. The standard InChI is InChI=1S/C21H28N4O4/c1-29-21(6-8-22-9-7-21)13-23-11-14-2-3-15-12-25(20(28)16(15)10-14)17-4-5-18(26)24-19(17)27/h2-3,10,17,22-23H,4-9,11-13H2,1H3,(H,24,26,27). The lowest BCUT2D eigenvalue weighted by atomic mass is 9.92. The molecular weight excluding hydrogens is 372 g/mol. The number of piperidine rings is 2. The number of hydrogen-bond acceptors (Lipinski definition) is 6. The van der Waals surface area contributed by atoms with Crippen molar-refractivity contribution in [3.8, 4) is 0 Å². The van der Waals surface area contributed by atoms with Crippen molar-refractivity contribution in [1.29, 1.82) is 0 Å². The molecule has 0 radical (unpaired) electrons. The van der Waals surface area contributed by atoms with Crippen molar-refractivity contribution in [3.05, 3.63) is 34.9 Å². The minimum Gasteiger partial charge on any atom is -0.377 e. The Hall–Kier alpha value is -2.29. The van der Waals surface area contributed by atoms with Crippen LogP contribution in [0.4, 0.5) is 0 Å². The third-order valence-corrected chi connectivity index (χ3v) is 6.32. The van der Waals surface area contributed by atoms with Crippen LogP contribution in [0, 0.1) is 0 Å². The van der Waals surface area contributed by atoms with Crippen molar-refractivity contribution in [2.75, 3.05) is 26.7 Å². The van der Waals surface area contributed by atoms with E-state index >= 15 is 0 Å². The summed E-state index contributed by atoms with van der Waals surface area (Å²) >= 11 is 0. The van der Waals surface area contributed by atoms with Gasteiger partial charge in [-0.3, -0.25) is 19.7 Å². The minimum atomic E-state index is -0.573. The number of rotatable bonds is 6. The number of carbonyl (C=O) groups excluding carboxylic acids is 3. The van der Waals surface area contributed by atoms with Crippen LogP contribution < -0.4 is 16.0 Å². The number of carbonyl (C=O) groups is 3. The van der Waals surface area contributed by atoms with Gasteiger partial charge in [0.25, 0.3) is 5.91 Å². The van der Waals surface area contributed by atoms with Crippen molar-refractivity contribution in [1.82, 2.24) is 20.9 Å². The number of nitrogens with zero attached hydrogens (tertiary/aromatic N) is 1. The van der Waals surface area contributed by atoms with Gasteiger partial charge in [0.2, 0.25) is 11.8 Å². The van der Waals surface area contributed by atoms with E-state index in [9.17, 15) is 14.4 Å². The lowest BCUT2D eigenvalue weighted by molar-refractivity contribution is -0.136. The molecule has 2 saturated heterocycles. The first-order valence-electron chi connectivity index (χ1n) is 10.2. The molecular formula is C21H28N4O4. The molecule has 2 fully saturated rings. The molecule has 0 bridgehead atoms. The van der Waals surface area contributed by atoms with E-state index in [4.69, 9.17) is 4.74 Å². The van der Waals surface area contributed by atoms with E-state index in [1.54, 1.807) is 12.0 Å². The Bertz CT molecular complexity index is 819. The summed E-state index contributed by atoms with van der Waals surface area (Å²) in [6.45, 7) is 3.74. The fourth-order valence-corrected chi connectivity index (χ4v) is 4.48. The second kappa shape index (κ2) is 8.22. The Labute approximate surface area is 170 Å². The van der Waals surface area contributed by atoms with Gasteiger partial charge < -0.3 is 20.3 Å². The van der Waals surface area contributed by atoms with E-state index in [1.165, 1.54) is 0 Å². The number of methoxy groups -OCH3 is 1. The summed E-state index contributed by atoms with van der Waals surface area (Å²) in [6, 6.07) is 5.33. The van der Waals surface area contributed by atoms with Crippen LogP contribution in [0.15, 0.2) is 18.2 Å². The Kier molecular flexibility index (Phi) is 5.67. The molecule has 0 spiro atoms. The first-order chi connectivity index (χ1) is 14.0. The Morgan fingerprint density at radius 3 is 2.76 bits per heavy atom. The highest BCUT2D eigenvalue weighted by atomic mass is 16.5. The van der Waals surface area contributed by atoms with Crippen LogP contribution in [0.2, 0.25) is 0 Å². The summed E-state index contributed by atoms with van der Waals surface area (Å²) < 4.78 is 5.78. The molecule has 1 atom stereocenters. The predicted octanol–water partition coefficient (Wildman–Crippen LogP) is 0.306. The van der Waals surface area contributed by atoms with Crippen molar-refractivity contribution >= 4 is 17.7 Å². The molecule has 0 aromatic heterocycles. The Morgan fingerprint density at radius 1 is 1.24 bits per heavy atom. The molecule has 8 heteroatoms. The van der Waals surface area contributed by atoms with E-state index in [1.807, 2.05) is 18.2 Å². The zero-order chi connectivity index (χ0) is 20.4. The summed E-state index contributed by atoms with van der Waals surface area (Å²) in [4.78, 5) is 38.0. The van der Waals surface area contributed by atoms with Crippen LogP contribution in [-0.2, 0) is 27.4 Å². The van der Waals surface area contributed by atoms with E-state index in [-0.39, 0.29) is 29.7 Å². The van der Waals surface area contributed by atoms with Crippen LogP contribution in [-0.4, -0.2) is 61.0 Å². The highest BCUT2D eigenvalue weighted by Crippen LogP contribution is 2.28. The number of benzene rings is 1. The second-order valence-electron chi connectivity index (χ2n) is 8.13. The van der Waals surface area contributed by atoms with E-state index in [0.717, 1.165) is 43.6 Å². The molecule has 1 aromatic rings. The third-order valence-electron chi connectivity index (χ3n) is 6.32. The average Bonchev–Trinajstić information content (AvgIpc) is 3.05. The molecule has 8 nitrogen and oxygen atoms in total. The first kappa shape index (κ1) is 20.0. The summed E-state index contributed by atoms with van der Waals surface area (Å²) in [6.07, 6.45) is 2.59. The van der Waals surface area contributed by atoms with E-state index in [0.29, 0.717) is 25.1 Å². The average molecular weight is 400 g/mol. The van der Waals surface area contributed by atoms with Gasteiger partial charge in [-0.15, -0.1) is 0 Å². The van der Waals surface area contributed by atoms with Gasteiger partial charge >= 0.3 is 0 Å². The number of nitrogens with one attached hydrogen (secondary N) is 3. The van der Waals surface area contributed by atoms with Crippen LogP contribution in [0.5, 0.6) is 0 Å². The smallest absolute Gasteiger partial charge is 0.255 e. The molecule has 3 heterocycles. The van der Waals surface area contributed by atoms with Crippen LogP contribution in [0.25, 0.3) is 0 Å². The van der Waals surface area contributed by atoms with Crippen LogP contribution in [0.3, 0.4) is 0 Å². The van der Waals surface area contributed by atoms with Gasteiger partial charge in [-0.2, -0.15) is 0 Å². The van der Waals surface area contributed by atoms with Gasteiger partial charge in [0.1, 0.15) is 6.04 Å². The molecule has 3 amide bonds. The van der Waals surface area contributed by atoms with Crippen molar-refractivity contribution in [2.24, 2.45) is 0 Å². The Balaban J connectivity index is 1.39. The quantitative estimate of drug-likeness (QED) is 0.594. The van der Waals surface area contributed by atoms with Crippen molar-refractivity contribution in [2.45, 2.75) is 50.4 Å². The fraction of sp³-hybridized carbons (Fsp3) is 0.571. The summed E-state index contributed by atoms with van der Waals surface area (Å²) in [5, 5.41) is 9.17. The van der Waals surface area contributed by atoms with Crippen LogP contribution >= 0.6 is 0 Å². The lowest BCUT2D eigenvalue weighted by Gasteiger charge is -2.36. The largest absolute Gasteiger partial charge is 0.377 e. The molecule has 4 rings (SSSR count). The van der Waals surface area contributed by atoms with Crippen molar-refractivity contribution in [3.63, 3.8) is 0 Å².